The maximum atomic E-state index is 5.89. The van der Waals surface area contributed by atoms with Crippen LogP contribution in [0.2, 0.25) is 0 Å². The maximum Gasteiger partial charge on any atom is 0.151 e. The highest BCUT2D eigenvalue weighted by Gasteiger charge is 2.05. The van der Waals surface area contributed by atoms with E-state index in [1.807, 2.05) is 25.1 Å². The predicted molar refractivity (Wildman–Crippen MR) is 52.4 cm³/mol. The molecule has 0 aliphatic rings. The van der Waals surface area contributed by atoms with E-state index in [9.17, 15) is 0 Å². The molecule has 1 heterocycles. The number of hydrogen-bond donors (Lipinski definition) is 1. The number of nitrogen functional groups attached to an aromatic ring is 1. The summed E-state index contributed by atoms with van der Waals surface area (Å²) in [5.41, 5.74) is 7.85. The van der Waals surface area contributed by atoms with Crippen LogP contribution in [0.4, 0.5) is 11.5 Å². The molecule has 0 aliphatic heterocycles. The number of rotatable bonds is 2. The van der Waals surface area contributed by atoms with Crippen molar-refractivity contribution in [3.05, 3.63) is 17.8 Å². The van der Waals surface area contributed by atoms with Gasteiger partial charge in [0, 0.05) is 20.3 Å². The van der Waals surface area contributed by atoms with E-state index in [1.54, 1.807) is 6.20 Å². The highest BCUT2D eigenvalue weighted by molar-refractivity contribution is 5.65. The van der Waals surface area contributed by atoms with E-state index in [2.05, 4.69) is 11.9 Å². The second-order valence-corrected chi connectivity index (χ2v) is 2.96. The van der Waals surface area contributed by atoms with Gasteiger partial charge >= 0.3 is 0 Å². The third-order valence-electron chi connectivity index (χ3n) is 1.86. The van der Waals surface area contributed by atoms with Crippen molar-refractivity contribution in [2.45, 2.75) is 13.3 Å². The summed E-state index contributed by atoms with van der Waals surface area (Å²) < 4.78 is 0. The van der Waals surface area contributed by atoms with Crippen LogP contribution in [0.1, 0.15) is 12.5 Å². The minimum Gasteiger partial charge on any atom is -0.396 e. The smallest absolute Gasteiger partial charge is 0.151 e. The zero-order valence-electron chi connectivity index (χ0n) is 7.83. The number of aryl methyl sites for hydroxylation is 1. The number of anilines is 2. The minimum atomic E-state index is 0.796. The van der Waals surface area contributed by atoms with Gasteiger partial charge in [-0.1, -0.05) is 6.92 Å². The summed E-state index contributed by atoms with van der Waals surface area (Å²) in [4.78, 5) is 6.11. The molecule has 0 atom stereocenters. The number of nitrogens with zero attached hydrogens (tertiary/aromatic N) is 2. The molecule has 66 valence electrons. The Hall–Kier alpha value is -1.25. The van der Waals surface area contributed by atoms with E-state index in [4.69, 9.17) is 5.73 Å². The topological polar surface area (TPSA) is 42.2 Å². The summed E-state index contributed by atoms with van der Waals surface area (Å²) in [5.74, 6) is 0.856. The molecule has 2 N–H and O–H groups in total. The van der Waals surface area contributed by atoms with Crippen molar-refractivity contribution in [2.75, 3.05) is 24.7 Å². The van der Waals surface area contributed by atoms with Crippen LogP contribution in [0.15, 0.2) is 12.3 Å². The first kappa shape index (κ1) is 8.84. The van der Waals surface area contributed by atoms with E-state index in [-0.39, 0.29) is 0 Å². The molecule has 1 rings (SSSR count). The van der Waals surface area contributed by atoms with Crippen LogP contribution in [-0.2, 0) is 6.42 Å². The van der Waals surface area contributed by atoms with Gasteiger partial charge in [-0.3, -0.25) is 0 Å². The van der Waals surface area contributed by atoms with Crippen molar-refractivity contribution in [3.8, 4) is 0 Å². The van der Waals surface area contributed by atoms with Crippen molar-refractivity contribution in [1.82, 2.24) is 4.98 Å². The molecule has 1 aromatic heterocycles. The Morgan fingerprint density at radius 2 is 2.17 bits per heavy atom. The second-order valence-electron chi connectivity index (χ2n) is 2.96. The third-order valence-corrected chi connectivity index (χ3v) is 1.86. The standard InChI is InChI=1S/C9H15N3/c1-4-7-5-6-11-9(8(7)10)12(2)3/h5-6H,4,10H2,1-3H3. The zero-order chi connectivity index (χ0) is 9.14. The van der Waals surface area contributed by atoms with Crippen molar-refractivity contribution in [1.29, 1.82) is 0 Å². The molecule has 0 fully saturated rings. The summed E-state index contributed by atoms with van der Waals surface area (Å²) >= 11 is 0. The quantitative estimate of drug-likeness (QED) is 0.718. The first-order valence-corrected chi connectivity index (χ1v) is 4.07. The molecule has 3 nitrogen and oxygen atoms in total. The van der Waals surface area contributed by atoms with E-state index < -0.39 is 0 Å². The SMILES string of the molecule is CCc1ccnc(N(C)C)c1N. The molecule has 0 amide bonds. The van der Waals surface area contributed by atoms with Crippen LogP contribution in [-0.4, -0.2) is 19.1 Å². The summed E-state index contributed by atoms with van der Waals surface area (Å²) in [6.07, 6.45) is 2.75. The molecule has 0 aromatic carbocycles. The molecular weight excluding hydrogens is 150 g/mol. The lowest BCUT2D eigenvalue weighted by molar-refractivity contribution is 1.05. The lowest BCUT2D eigenvalue weighted by atomic mass is 10.1. The Morgan fingerprint density at radius 3 is 2.67 bits per heavy atom. The Morgan fingerprint density at radius 1 is 1.50 bits per heavy atom. The lowest BCUT2D eigenvalue weighted by Gasteiger charge is -2.15. The van der Waals surface area contributed by atoms with Crippen molar-refractivity contribution < 1.29 is 0 Å². The first-order chi connectivity index (χ1) is 5.66. The van der Waals surface area contributed by atoms with Crippen molar-refractivity contribution in [2.24, 2.45) is 0 Å². The molecule has 0 spiro atoms. The van der Waals surface area contributed by atoms with Gasteiger partial charge in [-0.25, -0.2) is 4.98 Å². The van der Waals surface area contributed by atoms with Gasteiger partial charge in [0.15, 0.2) is 5.82 Å². The van der Waals surface area contributed by atoms with Gasteiger partial charge < -0.3 is 10.6 Å². The molecular formula is C9H15N3. The summed E-state index contributed by atoms with van der Waals surface area (Å²) in [7, 11) is 3.89. The lowest BCUT2D eigenvalue weighted by Crippen LogP contribution is -2.13. The molecule has 0 unspecified atom stereocenters. The van der Waals surface area contributed by atoms with Crippen LogP contribution in [0.3, 0.4) is 0 Å². The number of nitrogens with two attached hydrogens (primary N) is 1. The molecule has 0 radical (unpaired) electrons. The highest BCUT2D eigenvalue weighted by atomic mass is 15.1. The van der Waals surface area contributed by atoms with Crippen LogP contribution in [0.5, 0.6) is 0 Å². The van der Waals surface area contributed by atoms with E-state index >= 15 is 0 Å². The average molecular weight is 165 g/mol. The molecule has 0 aliphatic carbocycles. The van der Waals surface area contributed by atoms with Crippen LogP contribution < -0.4 is 10.6 Å². The molecule has 1 aromatic rings. The van der Waals surface area contributed by atoms with Gasteiger partial charge in [0.05, 0.1) is 5.69 Å². The molecule has 0 bridgehead atoms. The van der Waals surface area contributed by atoms with Gasteiger partial charge in [0.2, 0.25) is 0 Å². The third kappa shape index (κ3) is 1.49. The van der Waals surface area contributed by atoms with Crippen LogP contribution >= 0.6 is 0 Å². The minimum absolute atomic E-state index is 0.796. The Bertz CT molecular complexity index is 268. The predicted octanol–water partition coefficient (Wildman–Crippen LogP) is 1.29. The van der Waals surface area contributed by atoms with E-state index in [1.165, 1.54) is 0 Å². The number of pyridine rings is 1. The zero-order valence-corrected chi connectivity index (χ0v) is 7.83. The highest BCUT2D eigenvalue weighted by Crippen LogP contribution is 2.21. The maximum absolute atomic E-state index is 5.89. The largest absolute Gasteiger partial charge is 0.396 e. The second kappa shape index (κ2) is 3.43. The first-order valence-electron chi connectivity index (χ1n) is 4.07. The molecule has 3 heteroatoms. The fraction of sp³-hybridized carbons (Fsp3) is 0.444. The fourth-order valence-corrected chi connectivity index (χ4v) is 1.17. The monoisotopic (exact) mass is 165 g/mol. The molecule has 12 heavy (non-hydrogen) atoms. The summed E-state index contributed by atoms with van der Waals surface area (Å²) in [6.45, 7) is 2.09. The van der Waals surface area contributed by atoms with Crippen LogP contribution in [0, 0.1) is 0 Å². The number of hydrogen-bond acceptors (Lipinski definition) is 3. The van der Waals surface area contributed by atoms with Gasteiger partial charge in [-0.15, -0.1) is 0 Å². The van der Waals surface area contributed by atoms with Gasteiger partial charge in [0.1, 0.15) is 0 Å². The summed E-state index contributed by atoms with van der Waals surface area (Å²) in [6, 6.07) is 1.96. The Balaban J connectivity index is 3.14. The normalized spacial score (nSPS) is 9.92. The number of aromatic nitrogens is 1. The van der Waals surface area contributed by atoms with E-state index in [0.717, 1.165) is 23.5 Å². The average Bonchev–Trinajstić information content (AvgIpc) is 2.04. The van der Waals surface area contributed by atoms with Crippen molar-refractivity contribution >= 4 is 11.5 Å². The molecule has 0 saturated carbocycles. The Kier molecular flexibility index (Phi) is 2.53. The van der Waals surface area contributed by atoms with E-state index in [0.29, 0.717) is 0 Å². The summed E-state index contributed by atoms with van der Waals surface area (Å²) in [5, 5.41) is 0. The molecule has 0 saturated heterocycles. The van der Waals surface area contributed by atoms with Gasteiger partial charge in [-0.2, -0.15) is 0 Å². The Labute approximate surface area is 73.2 Å². The van der Waals surface area contributed by atoms with Crippen molar-refractivity contribution in [3.63, 3.8) is 0 Å². The van der Waals surface area contributed by atoms with Crippen LogP contribution in [0.25, 0.3) is 0 Å². The fourth-order valence-electron chi connectivity index (χ4n) is 1.17. The van der Waals surface area contributed by atoms with Gasteiger partial charge in [0.25, 0.3) is 0 Å². The van der Waals surface area contributed by atoms with Gasteiger partial charge in [-0.05, 0) is 18.1 Å².